The lowest BCUT2D eigenvalue weighted by Gasteiger charge is -2.20. The van der Waals surface area contributed by atoms with Gasteiger partial charge in [-0.05, 0) is 28.1 Å². The molecular weight excluding hydrogens is 416 g/mol. The third-order valence-electron chi connectivity index (χ3n) is 3.86. The number of carbonyl (C=O) groups excluding carboxylic acids is 2. The quantitative estimate of drug-likeness (QED) is 0.782. The summed E-state index contributed by atoms with van der Waals surface area (Å²) < 4.78 is 17.3. The Kier molecular flexibility index (Phi) is 5.85. The van der Waals surface area contributed by atoms with Crippen molar-refractivity contribution in [3.63, 3.8) is 0 Å². The molecule has 142 valence electrons. The van der Waals surface area contributed by atoms with Crippen LogP contribution in [0.3, 0.4) is 0 Å². The lowest BCUT2D eigenvalue weighted by atomic mass is 10.1. The molecular formula is C19H19BrN2O5. The average Bonchev–Trinajstić information content (AvgIpc) is 2.66. The number of amides is 2. The number of nitrogens with one attached hydrogen (secondary N) is 1. The second-order valence-electron chi connectivity index (χ2n) is 6.00. The van der Waals surface area contributed by atoms with Crippen LogP contribution in [-0.2, 0) is 4.79 Å². The van der Waals surface area contributed by atoms with Gasteiger partial charge >= 0.3 is 0 Å². The van der Waals surface area contributed by atoms with Crippen molar-refractivity contribution in [2.24, 2.45) is 0 Å². The highest BCUT2D eigenvalue weighted by molar-refractivity contribution is 9.10. The number of para-hydroxylation sites is 1. The molecule has 0 unspecified atom stereocenters. The van der Waals surface area contributed by atoms with Crippen molar-refractivity contribution < 1.29 is 23.8 Å². The number of nitrogens with zero attached hydrogens (tertiary/aromatic N) is 1. The molecule has 1 aliphatic rings. The van der Waals surface area contributed by atoms with Crippen LogP contribution in [-0.4, -0.2) is 50.6 Å². The van der Waals surface area contributed by atoms with Crippen LogP contribution in [0.4, 0.5) is 5.69 Å². The van der Waals surface area contributed by atoms with Gasteiger partial charge in [-0.15, -0.1) is 0 Å². The second-order valence-corrected chi connectivity index (χ2v) is 6.86. The Labute approximate surface area is 165 Å². The maximum Gasteiger partial charge on any atom is 0.259 e. The number of carbonyl (C=O) groups is 2. The lowest BCUT2D eigenvalue weighted by Crippen LogP contribution is -2.28. The van der Waals surface area contributed by atoms with E-state index in [0.717, 1.165) is 0 Å². The third kappa shape index (κ3) is 4.51. The van der Waals surface area contributed by atoms with Crippen LogP contribution in [0.25, 0.3) is 0 Å². The summed E-state index contributed by atoms with van der Waals surface area (Å²) in [4.78, 5) is 25.9. The lowest BCUT2D eigenvalue weighted by molar-refractivity contribution is -0.130. The first-order valence-electron chi connectivity index (χ1n) is 8.28. The van der Waals surface area contributed by atoms with Crippen molar-refractivity contribution in [1.29, 1.82) is 0 Å². The number of benzene rings is 2. The summed E-state index contributed by atoms with van der Waals surface area (Å²) in [6.07, 6.45) is 0. The van der Waals surface area contributed by atoms with Crippen LogP contribution in [0.5, 0.6) is 17.2 Å². The van der Waals surface area contributed by atoms with E-state index in [1.807, 2.05) is 0 Å². The van der Waals surface area contributed by atoms with Gasteiger partial charge in [-0.25, -0.2) is 0 Å². The van der Waals surface area contributed by atoms with Gasteiger partial charge in [0.1, 0.15) is 19.0 Å². The fourth-order valence-electron chi connectivity index (χ4n) is 2.40. The van der Waals surface area contributed by atoms with Gasteiger partial charge in [0, 0.05) is 30.7 Å². The molecule has 2 amide bonds. The minimum Gasteiger partial charge on any atom is -0.486 e. The number of hydrogen-bond donors (Lipinski definition) is 1. The Morgan fingerprint density at radius 3 is 2.52 bits per heavy atom. The number of likely N-dealkylation sites (N-methyl/N-ethyl adjacent to an activating group) is 1. The Hall–Kier alpha value is -2.74. The van der Waals surface area contributed by atoms with Crippen LogP contribution in [0.2, 0.25) is 0 Å². The summed E-state index contributed by atoms with van der Waals surface area (Å²) in [6.45, 7) is 0.797. The zero-order valence-electron chi connectivity index (χ0n) is 15.0. The highest BCUT2D eigenvalue weighted by Crippen LogP contribution is 2.38. The SMILES string of the molecule is CN(C)C(=O)COc1ccccc1C(=O)Nc1cc2c(cc1Br)OCCO2. The van der Waals surface area contributed by atoms with E-state index in [9.17, 15) is 9.59 Å². The van der Waals surface area contributed by atoms with E-state index in [2.05, 4.69) is 21.2 Å². The van der Waals surface area contributed by atoms with Gasteiger partial charge in [-0.1, -0.05) is 12.1 Å². The Morgan fingerprint density at radius 1 is 1.15 bits per heavy atom. The maximum absolute atomic E-state index is 12.8. The van der Waals surface area contributed by atoms with Crippen LogP contribution in [0, 0.1) is 0 Å². The van der Waals surface area contributed by atoms with Crippen molar-refractivity contribution >= 4 is 33.4 Å². The zero-order chi connectivity index (χ0) is 19.4. The summed E-state index contributed by atoms with van der Waals surface area (Å²) in [7, 11) is 3.29. The molecule has 0 aliphatic carbocycles. The molecule has 0 fully saturated rings. The number of fused-ring (bicyclic) bond motifs is 1. The monoisotopic (exact) mass is 434 g/mol. The van der Waals surface area contributed by atoms with E-state index in [1.54, 1.807) is 50.5 Å². The summed E-state index contributed by atoms with van der Waals surface area (Å²) in [5.41, 5.74) is 0.870. The molecule has 1 aliphatic heterocycles. The van der Waals surface area contributed by atoms with E-state index in [0.29, 0.717) is 46.2 Å². The number of hydrogen-bond acceptors (Lipinski definition) is 5. The normalized spacial score (nSPS) is 12.3. The van der Waals surface area contributed by atoms with Crippen LogP contribution in [0.1, 0.15) is 10.4 Å². The highest BCUT2D eigenvalue weighted by atomic mass is 79.9. The summed E-state index contributed by atoms with van der Waals surface area (Å²) in [5.74, 6) is 0.969. The maximum atomic E-state index is 12.8. The molecule has 0 bridgehead atoms. The Bertz CT molecular complexity index is 869. The number of halogens is 1. The second kappa shape index (κ2) is 8.30. The first-order chi connectivity index (χ1) is 13.0. The number of rotatable bonds is 5. The molecule has 0 saturated carbocycles. The van der Waals surface area contributed by atoms with Gasteiger partial charge in [0.05, 0.1) is 11.3 Å². The minimum atomic E-state index is -0.361. The number of anilines is 1. The van der Waals surface area contributed by atoms with Gasteiger partial charge in [0.25, 0.3) is 11.8 Å². The first-order valence-corrected chi connectivity index (χ1v) is 9.07. The molecule has 8 heteroatoms. The molecule has 0 saturated heterocycles. The molecule has 0 aromatic heterocycles. The topological polar surface area (TPSA) is 77.1 Å². The highest BCUT2D eigenvalue weighted by Gasteiger charge is 2.19. The van der Waals surface area contributed by atoms with Crippen molar-refractivity contribution in [1.82, 2.24) is 4.90 Å². The molecule has 1 N–H and O–H groups in total. The van der Waals surface area contributed by atoms with E-state index < -0.39 is 0 Å². The van der Waals surface area contributed by atoms with Crippen molar-refractivity contribution in [2.45, 2.75) is 0 Å². The predicted molar refractivity (Wildman–Crippen MR) is 104 cm³/mol. The first kappa shape index (κ1) is 19.0. The number of ether oxygens (including phenoxy) is 3. The largest absolute Gasteiger partial charge is 0.486 e. The van der Waals surface area contributed by atoms with Crippen molar-refractivity contribution in [3.8, 4) is 17.2 Å². The summed E-state index contributed by atoms with van der Waals surface area (Å²) in [5, 5.41) is 2.83. The third-order valence-corrected chi connectivity index (χ3v) is 4.52. The Balaban J connectivity index is 1.78. The fraction of sp³-hybridized carbons (Fsp3) is 0.263. The Morgan fingerprint density at radius 2 is 1.81 bits per heavy atom. The molecule has 1 heterocycles. The van der Waals surface area contributed by atoms with E-state index in [-0.39, 0.29) is 18.4 Å². The molecule has 2 aromatic carbocycles. The van der Waals surface area contributed by atoms with Gasteiger partial charge in [0.2, 0.25) is 0 Å². The smallest absolute Gasteiger partial charge is 0.259 e. The van der Waals surface area contributed by atoms with Crippen LogP contribution < -0.4 is 19.5 Å². The molecule has 0 spiro atoms. The van der Waals surface area contributed by atoms with Crippen LogP contribution in [0.15, 0.2) is 40.9 Å². The van der Waals surface area contributed by atoms with Gasteiger partial charge in [-0.2, -0.15) is 0 Å². The average molecular weight is 435 g/mol. The van der Waals surface area contributed by atoms with Gasteiger partial charge in [0.15, 0.2) is 18.1 Å². The fourth-order valence-corrected chi connectivity index (χ4v) is 2.82. The van der Waals surface area contributed by atoms with E-state index in [4.69, 9.17) is 14.2 Å². The molecule has 0 atom stereocenters. The van der Waals surface area contributed by atoms with Gasteiger partial charge in [-0.3, -0.25) is 9.59 Å². The molecule has 2 aromatic rings. The molecule has 27 heavy (non-hydrogen) atoms. The zero-order valence-corrected chi connectivity index (χ0v) is 16.5. The standard InChI is InChI=1S/C19H19BrN2O5/c1-22(2)18(23)11-27-15-6-4-3-5-12(15)19(24)21-14-10-17-16(9-13(14)20)25-7-8-26-17/h3-6,9-10H,7-8,11H2,1-2H3,(H,21,24). The van der Waals surface area contributed by atoms with E-state index in [1.165, 1.54) is 4.90 Å². The summed E-state index contributed by atoms with van der Waals surface area (Å²) in [6, 6.07) is 10.2. The summed E-state index contributed by atoms with van der Waals surface area (Å²) >= 11 is 3.43. The van der Waals surface area contributed by atoms with E-state index >= 15 is 0 Å². The van der Waals surface area contributed by atoms with Crippen molar-refractivity contribution in [3.05, 3.63) is 46.4 Å². The van der Waals surface area contributed by atoms with Gasteiger partial charge < -0.3 is 24.4 Å². The molecule has 7 nitrogen and oxygen atoms in total. The minimum absolute atomic E-state index is 0.148. The van der Waals surface area contributed by atoms with Crippen molar-refractivity contribution in [2.75, 3.05) is 39.2 Å². The van der Waals surface area contributed by atoms with Crippen LogP contribution >= 0.6 is 15.9 Å². The molecule has 3 rings (SSSR count). The molecule has 0 radical (unpaired) electrons. The predicted octanol–water partition coefficient (Wildman–Crippen LogP) is 2.94.